The zero-order valence-corrected chi connectivity index (χ0v) is 16.9. The maximum atomic E-state index is 12.8. The van der Waals surface area contributed by atoms with Crippen LogP contribution in [-0.4, -0.2) is 53.4 Å². The van der Waals surface area contributed by atoms with Gasteiger partial charge in [0, 0.05) is 57.8 Å². The molecule has 1 atom stereocenters. The van der Waals surface area contributed by atoms with Crippen molar-refractivity contribution in [3.8, 4) is 5.75 Å². The molecule has 3 rings (SSSR count). The predicted octanol–water partition coefficient (Wildman–Crippen LogP) is 3.58. The van der Waals surface area contributed by atoms with E-state index >= 15 is 0 Å². The van der Waals surface area contributed by atoms with Gasteiger partial charge in [-0.1, -0.05) is 25.1 Å². The van der Waals surface area contributed by atoms with Gasteiger partial charge < -0.3 is 14.5 Å². The molecule has 0 N–H and O–H groups in total. The number of ether oxygens (including phenoxy) is 1. The van der Waals surface area contributed by atoms with Crippen LogP contribution in [0.5, 0.6) is 5.75 Å². The molecule has 0 saturated carbocycles. The minimum Gasteiger partial charge on any atom is -0.487 e. The van der Waals surface area contributed by atoms with E-state index < -0.39 is 0 Å². The Hall–Kier alpha value is -2.04. The molecule has 2 aliphatic heterocycles. The summed E-state index contributed by atoms with van der Waals surface area (Å²) in [6.45, 7) is 8.95. The molecule has 1 spiro atoms. The van der Waals surface area contributed by atoms with Gasteiger partial charge in [-0.05, 0) is 31.9 Å². The third kappa shape index (κ3) is 4.12. The molecule has 1 saturated heterocycles. The fourth-order valence-corrected chi connectivity index (χ4v) is 4.54. The van der Waals surface area contributed by atoms with Gasteiger partial charge in [-0.3, -0.25) is 9.59 Å². The van der Waals surface area contributed by atoms with E-state index in [1.165, 1.54) is 0 Å². The number of hydrogen-bond donors (Lipinski definition) is 0. The number of carbonyl (C=O) groups excluding carboxylic acids is 2. The Kier molecular flexibility index (Phi) is 6.08. The van der Waals surface area contributed by atoms with Crippen molar-refractivity contribution in [2.75, 3.05) is 26.2 Å². The smallest absolute Gasteiger partial charge is 0.223 e. The quantitative estimate of drug-likeness (QED) is 0.794. The number of hydrogen-bond acceptors (Lipinski definition) is 3. The molecule has 1 fully saturated rings. The van der Waals surface area contributed by atoms with Gasteiger partial charge in [0.15, 0.2) is 0 Å². The van der Waals surface area contributed by atoms with Crippen molar-refractivity contribution in [3.63, 3.8) is 0 Å². The largest absolute Gasteiger partial charge is 0.487 e. The minimum absolute atomic E-state index is 0.177. The van der Waals surface area contributed by atoms with Crippen molar-refractivity contribution < 1.29 is 14.3 Å². The van der Waals surface area contributed by atoms with Crippen LogP contribution in [0.2, 0.25) is 0 Å². The van der Waals surface area contributed by atoms with Crippen LogP contribution in [0, 0.1) is 0 Å². The van der Waals surface area contributed by atoms with E-state index in [0.717, 1.165) is 56.8 Å². The minimum atomic E-state index is -0.257. The van der Waals surface area contributed by atoms with Crippen LogP contribution < -0.4 is 4.74 Å². The first-order valence-electron chi connectivity index (χ1n) is 10.4. The van der Waals surface area contributed by atoms with Crippen LogP contribution in [0.25, 0.3) is 0 Å². The molecule has 2 heterocycles. The first kappa shape index (κ1) is 19.7. The average molecular weight is 373 g/mol. The molecule has 1 aromatic rings. The summed E-state index contributed by atoms with van der Waals surface area (Å²) in [5, 5.41) is 0. The molecule has 0 radical (unpaired) electrons. The summed E-state index contributed by atoms with van der Waals surface area (Å²) in [4.78, 5) is 28.6. The number of nitrogens with zero attached hydrogens (tertiary/aromatic N) is 2. The van der Waals surface area contributed by atoms with E-state index in [2.05, 4.69) is 6.07 Å². The normalized spacial score (nSPS) is 20.7. The van der Waals surface area contributed by atoms with Crippen molar-refractivity contribution >= 4 is 11.8 Å². The Morgan fingerprint density at radius 1 is 1.15 bits per heavy atom. The number of fused-ring (bicyclic) bond motifs is 1. The highest BCUT2D eigenvalue weighted by Gasteiger charge is 2.44. The Bertz CT molecular complexity index is 676. The monoisotopic (exact) mass is 372 g/mol. The molecule has 0 aliphatic carbocycles. The zero-order valence-electron chi connectivity index (χ0n) is 16.9. The van der Waals surface area contributed by atoms with Crippen molar-refractivity contribution in [2.24, 2.45) is 0 Å². The highest BCUT2D eigenvalue weighted by Crippen LogP contribution is 2.46. The van der Waals surface area contributed by atoms with Gasteiger partial charge in [0.05, 0.1) is 0 Å². The number of amides is 2. The summed E-state index contributed by atoms with van der Waals surface area (Å²) < 4.78 is 6.48. The molecule has 27 heavy (non-hydrogen) atoms. The van der Waals surface area contributed by atoms with E-state index in [1.807, 2.05) is 48.8 Å². The molecule has 1 aromatic carbocycles. The second kappa shape index (κ2) is 8.32. The van der Waals surface area contributed by atoms with Crippen LogP contribution >= 0.6 is 0 Å². The molecule has 0 unspecified atom stereocenters. The lowest BCUT2D eigenvalue weighted by molar-refractivity contribution is -0.135. The first-order chi connectivity index (χ1) is 13.0. The first-order valence-corrected chi connectivity index (χ1v) is 10.4. The Balaban J connectivity index is 1.79. The lowest BCUT2D eigenvalue weighted by atomic mass is 9.76. The van der Waals surface area contributed by atoms with Crippen molar-refractivity contribution in [1.29, 1.82) is 0 Å². The third-order valence-electron chi connectivity index (χ3n) is 6.17. The maximum absolute atomic E-state index is 12.8. The predicted molar refractivity (Wildman–Crippen MR) is 106 cm³/mol. The Labute approximate surface area is 162 Å². The molecule has 2 aliphatic rings. The highest BCUT2D eigenvalue weighted by molar-refractivity contribution is 5.77. The second-order valence-electron chi connectivity index (χ2n) is 7.73. The summed E-state index contributed by atoms with van der Waals surface area (Å²) in [6.07, 6.45) is 3.61. The standard InChI is InChI=1S/C22H32N2O3/c1-4-20(25)24-13-11-22(12-14-24)16-17(15-21(26)23(5-2)6-3)18-9-7-8-10-19(18)27-22/h7-10,17H,4-6,11-16H2,1-3H3/t17-/m1/s1. The van der Waals surface area contributed by atoms with Gasteiger partial charge in [-0.15, -0.1) is 0 Å². The van der Waals surface area contributed by atoms with Gasteiger partial charge in [0.1, 0.15) is 11.4 Å². The summed E-state index contributed by atoms with van der Waals surface area (Å²) in [7, 11) is 0. The zero-order chi connectivity index (χ0) is 19.4. The van der Waals surface area contributed by atoms with E-state index in [-0.39, 0.29) is 23.3 Å². The topological polar surface area (TPSA) is 49.9 Å². The van der Waals surface area contributed by atoms with Crippen LogP contribution in [0.15, 0.2) is 24.3 Å². The van der Waals surface area contributed by atoms with E-state index in [9.17, 15) is 9.59 Å². The average Bonchev–Trinajstić information content (AvgIpc) is 2.69. The number of rotatable bonds is 5. The molecular weight excluding hydrogens is 340 g/mol. The fraction of sp³-hybridized carbons (Fsp3) is 0.636. The summed E-state index contributed by atoms with van der Waals surface area (Å²) in [6, 6.07) is 8.14. The summed E-state index contributed by atoms with van der Waals surface area (Å²) in [5.41, 5.74) is 0.892. The lowest BCUT2D eigenvalue weighted by Gasteiger charge is -2.47. The Morgan fingerprint density at radius 2 is 1.81 bits per heavy atom. The SMILES string of the molecule is CCC(=O)N1CCC2(CC1)C[C@@H](CC(=O)N(CC)CC)c1ccccc1O2. The summed E-state index contributed by atoms with van der Waals surface area (Å²) in [5.74, 6) is 1.53. The van der Waals surface area contributed by atoms with Crippen LogP contribution in [0.1, 0.15) is 64.4 Å². The van der Waals surface area contributed by atoms with Crippen LogP contribution in [0.4, 0.5) is 0 Å². The molecule has 2 amide bonds. The van der Waals surface area contributed by atoms with Crippen molar-refractivity contribution in [1.82, 2.24) is 9.80 Å². The van der Waals surface area contributed by atoms with Gasteiger partial charge in [-0.2, -0.15) is 0 Å². The highest BCUT2D eigenvalue weighted by atomic mass is 16.5. The maximum Gasteiger partial charge on any atom is 0.223 e. The van der Waals surface area contributed by atoms with Gasteiger partial charge >= 0.3 is 0 Å². The number of para-hydroxylation sites is 1. The summed E-state index contributed by atoms with van der Waals surface area (Å²) >= 11 is 0. The van der Waals surface area contributed by atoms with Gasteiger partial charge in [0.25, 0.3) is 0 Å². The van der Waals surface area contributed by atoms with Gasteiger partial charge in [-0.25, -0.2) is 0 Å². The van der Waals surface area contributed by atoms with E-state index in [0.29, 0.717) is 12.8 Å². The molecule has 0 aromatic heterocycles. The van der Waals surface area contributed by atoms with E-state index in [4.69, 9.17) is 4.74 Å². The molecule has 148 valence electrons. The molecule has 5 heteroatoms. The second-order valence-corrected chi connectivity index (χ2v) is 7.73. The number of benzene rings is 1. The number of piperidine rings is 1. The van der Waals surface area contributed by atoms with Crippen LogP contribution in [-0.2, 0) is 9.59 Å². The lowest BCUT2D eigenvalue weighted by Crippen LogP contribution is -2.52. The Morgan fingerprint density at radius 3 is 2.44 bits per heavy atom. The molecular formula is C22H32N2O3. The van der Waals surface area contributed by atoms with E-state index in [1.54, 1.807) is 0 Å². The number of carbonyl (C=O) groups is 2. The molecule has 5 nitrogen and oxygen atoms in total. The number of likely N-dealkylation sites (tertiary alicyclic amines) is 1. The van der Waals surface area contributed by atoms with Crippen molar-refractivity contribution in [2.45, 2.75) is 64.4 Å². The van der Waals surface area contributed by atoms with Gasteiger partial charge in [0.2, 0.25) is 11.8 Å². The third-order valence-corrected chi connectivity index (χ3v) is 6.17. The van der Waals surface area contributed by atoms with Crippen molar-refractivity contribution in [3.05, 3.63) is 29.8 Å². The van der Waals surface area contributed by atoms with Crippen LogP contribution in [0.3, 0.4) is 0 Å². The molecule has 0 bridgehead atoms. The fourth-order valence-electron chi connectivity index (χ4n) is 4.54.